The number of nitrogens with zero attached hydrogens (tertiary/aromatic N) is 1. The molecule has 0 saturated carbocycles. The van der Waals surface area contributed by atoms with Gasteiger partial charge in [0.05, 0.1) is 5.75 Å². The van der Waals surface area contributed by atoms with E-state index >= 15 is 0 Å². The molecule has 0 saturated heterocycles. The Morgan fingerprint density at radius 3 is 2.17 bits per heavy atom. The van der Waals surface area contributed by atoms with Gasteiger partial charge in [-0.2, -0.15) is 0 Å². The highest BCUT2D eigenvalue weighted by Gasteiger charge is 2.17. The number of rotatable bonds is 4. The first-order valence-corrected chi connectivity index (χ1v) is 9.40. The average molecular weight is 346 g/mol. The van der Waals surface area contributed by atoms with Crippen LogP contribution in [0.25, 0.3) is 11.1 Å². The van der Waals surface area contributed by atoms with Gasteiger partial charge in [-0.05, 0) is 47.4 Å². The van der Waals surface area contributed by atoms with Gasteiger partial charge in [0.1, 0.15) is 0 Å². The molecule has 0 unspecified atom stereocenters. The molecule has 0 fully saturated rings. The summed E-state index contributed by atoms with van der Waals surface area (Å²) in [5, 5.41) is 0.827. The minimum Gasteiger partial charge on any atom is -0.244 e. The Hall–Kier alpha value is -1.91. The van der Waals surface area contributed by atoms with Crippen molar-refractivity contribution in [1.82, 2.24) is 4.98 Å². The highest BCUT2D eigenvalue weighted by molar-refractivity contribution is 7.91. The second-order valence-electron chi connectivity index (χ2n) is 5.27. The Balaban J connectivity index is 1.93. The van der Waals surface area contributed by atoms with Crippen LogP contribution in [0.15, 0.2) is 59.8 Å². The van der Waals surface area contributed by atoms with Crippen LogP contribution >= 0.6 is 11.6 Å². The second-order valence-corrected chi connectivity index (χ2v) is 7.93. The van der Waals surface area contributed by atoms with Crippen LogP contribution in [0.3, 0.4) is 0 Å². The predicted molar refractivity (Wildman–Crippen MR) is 94.0 cm³/mol. The van der Waals surface area contributed by atoms with Crippen molar-refractivity contribution in [3.63, 3.8) is 0 Å². The maximum Gasteiger partial charge on any atom is 0.195 e. The van der Waals surface area contributed by atoms with Gasteiger partial charge in [-0.1, -0.05) is 42.8 Å². The van der Waals surface area contributed by atoms with Crippen LogP contribution in [0.2, 0.25) is 5.02 Å². The SMILES string of the molecule is CCS(=O)(=O)c1ccc(C2=CCC=C2c2ccc(Cl)cc2)cn1. The van der Waals surface area contributed by atoms with E-state index < -0.39 is 9.84 Å². The highest BCUT2D eigenvalue weighted by Crippen LogP contribution is 2.36. The topological polar surface area (TPSA) is 47.0 Å². The number of aromatic nitrogens is 1. The molecule has 23 heavy (non-hydrogen) atoms. The fraction of sp³-hybridized carbons (Fsp3) is 0.167. The number of sulfone groups is 1. The van der Waals surface area contributed by atoms with Gasteiger partial charge >= 0.3 is 0 Å². The normalized spacial score (nSPS) is 14.5. The summed E-state index contributed by atoms with van der Waals surface area (Å²) in [6.07, 6.45) is 6.75. The van der Waals surface area contributed by atoms with Gasteiger partial charge in [0.25, 0.3) is 0 Å². The zero-order valence-corrected chi connectivity index (χ0v) is 14.2. The fourth-order valence-corrected chi connectivity index (χ4v) is 3.47. The number of benzene rings is 1. The molecule has 2 aromatic rings. The first-order valence-electron chi connectivity index (χ1n) is 7.37. The van der Waals surface area contributed by atoms with E-state index in [4.69, 9.17) is 11.6 Å². The summed E-state index contributed by atoms with van der Waals surface area (Å²) in [5.41, 5.74) is 4.19. The molecule has 0 N–H and O–H groups in total. The summed E-state index contributed by atoms with van der Waals surface area (Å²) in [6.45, 7) is 1.62. The second kappa shape index (κ2) is 6.30. The van der Waals surface area contributed by atoms with Gasteiger partial charge in [0.2, 0.25) is 0 Å². The molecule has 1 aromatic heterocycles. The van der Waals surface area contributed by atoms with Gasteiger partial charge in [-0.15, -0.1) is 0 Å². The first-order chi connectivity index (χ1) is 11.0. The molecule has 0 radical (unpaired) electrons. The van der Waals surface area contributed by atoms with Crippen LogP contribution in [0.4, 0.5) is 0 Å². The maximum atomic E-state index is 11.9. The molecule has 1 aliphatic carbocycles. The monoisotopic (exact) mass is 345 g/mol. The minimum atomic E-state index is -3.27. The molecule has 3 nitrogen and oxygen atoms in total. The van der Waals surface area contributed by atoms with Crippen molar-refractivity contribution < 1.29 is 8.42 Å². The lowest BCUT2D eigenvalue weighted by atomic mass is 9.96. The van der Waals surface area contributed by atoms with Crippen molar-refractivity contribution in [3.8, 4) is 0 Å². The molecule has 1 aliphatic rings. The molecule has 3 rings (SSSR count). The fourth-order valence-electron chi connectivity index (χ4n) is 2.56. The molecule has 0 spiro atoms. The zero-order chi connectivity index (χ0) is 16.4. The molecule has 5 heteroatoms. The van der Waals surface area contributed by atoms with Crippen LogP contribution < -0.4 is 0 Å². The van der Waals surface area contributed by atoms with Crippen LogP contribution in [0.5, 0.6) is 0 Å². The van der Waals surface area contributed by atoms with Crippen molar-refractivity contribution in [1.29, 1.82) is 0 Å². The summed E-state index contributed by atoms with van der Waals surface area (Å²) < 4.78 is 23.7. The number of hydrogen-bond donors (Lipinski definition) is 0. The van der Waals surface area contributed by atoms with E-state index in [0.29, 0.717) is 5.02 Å². The van der Waals surface area contributed by atoms with E-state index in [1.807, 2.05) is 30.3 Å². The number of pyridine rings is 1. The zero-order valence-electron chi connectivity index (χ0n) is 12.7. The maximum absolute atomic E-state index is 11.9. The first kappa shape index (κ1) is 16.0. The Morgan fingerprint density at radius 1 is 1.00 bits per heavy atom. The van der Waals surface area contributed by atoms with E-state index in [0.717, 1.165) is 28.7 Å². The van der Waals surface area contributed by atoms with E-state index in [1.54, 1.807) is 19.2 Å². The lowest BCUT2D eigenvalue weighted by molar-refractivity contribution is 0.593. The highest BCUT2D eigenvalue weighted by atomic mass is 35.5. The van der Waals surface area contributed by atoms with Gasteiger partial charge in [0.15, 0.2) is 14.9 Å². The van der Waals surface area contributed by atoms with Crippen LogP contribution in [-0.2, 0) is 9.84 Å². The van der Waals surface area contributed by atoms with Gasteiger partial charge in [-0.25, -0.2) is 13.4 Å². The van der Waals surface area contributed by atoms with Crippen LogP contribution in [0.1, 0.15) is 24.5 Å². The average Bonchev–Trinajstić information content (AvgIpc) is 3.05. The largest absolute Gasteiger partial charge is 0.244 e. The minimum absolute atomic E-state index is 0.0535. The smallest absolute Gasteiger partial charge is 0.195 e. The van der Waals surface area contributed by atoms with Gasteiger partial charge in [0, 0.05) is 16.8 Å². The third kappa shape index (κ3) is 3.23. The van der Waals surface area contributed by atoms with E-state index in [1.165, 1.54) is 0 Å². The quantitative estimate of drug-likeness (QED) is 0.825. The van der Waals surface area contributed by atoms with E-state index in [2.05, 4.69) is 17.1 Å². The summed E-state index contributed by atoms with van der Waals surface area (Å²) in [4.78, 5) is 4.13. The Morgan fingerprint density at radius 2 is 1.61 bits per heavy atom. The van der Waals surface area contributed by atoms with Crippen molar-refractivity contribution in [3.05, 3.63) is 70.9 Å². The predicted octanol–water partition coefficient (Wildman–Crippen LogP) is 4.40. The summed E-state index contributed by atoms with van der Waals surface area (Å²) in [7, 11) is -3.27. The molecule has 0 atom stereocenters. The Bertz CT molecular complexity index is 880. The lowest BCUT2D eigenvalue weighted by Gasteiger charge is -2.10. The number of halogens is 1. The Labute approximate surface area is 141 Å². The molecular formula is C18H16ClNO2S. The third-order valence-electron chi connectivity index (χ3n) is 3.84. The summed E-state index contributed by atoms with van der Waals surface area (Å²) in [6, 6.07) is 11.1. The van der Waals surface area contributed by atoms with Crippen molar-refractivity contribution >= 4 is 32.6 Å². The van der Waals surface area contributed by atoms with E-state index in [9.17, 15) is 8.42 Å². The number of hydrogen-bond acceptors (Lipinski definition) is 3. The summed E-state index contributed by atoms with van der Waals surface area (Å²) in [5.74, 6) is 0.0535. The van der Waals surface area contributed by atoms with Crippen LogP contribution in [-0.4, -0.2) is 19.2 Å². The van der Waals surface area contributed by atoms with Crippen molar-refractivity contribution in [2.75, 3.05) is 5.75 Å². The molecular weight excluding hydrogens is 330 g/mol. The van der Waals surface area contributed by atoms with Gasteiger partial charge < -0.3 is 0 Å². The Kier molecular flexibility index (Phi) is 4.37. The molecule has 0 aliphatic heterocycles. The van der Waals surface area contributed by atoms with E-state index in [-0.39, 0.29) is 10.8 Å². The van der Waals surface area contributed by atoms with Crippen molar-refractivity contribution in [2.24, 2.45) is 0 Å². The molecule has 0 bridgehead atoms. The summed E-state index contributed by atoms with van der Waals surface area (Å²) >= 11 is 5.94. The lowest BCUT2D eigenvalue weighted by Crippen LogP contribution is -2.06. The van der Waals surface area contributed by atoms with Crippen molar-refractivity contribution in [2.45, 2.75) is 18.4 Å². The molecule has 118 valence electrons. The van der Waals surface area contributed by atoms with Crippen LogP contribution in [0, 0.1) is 0 Å². The van der Waals surface area contributed by atoms with Gasteiger partial charge in [-0.3, -0.25) is 0 Å². The molecule has 1 heterocycles. The standard InChI is InChI=1S/C18H16ClNO2S/c1-2-23(21,22)18-11-8-14(12-20-18)17-5-3-4-16(17)13-6-9-15(19)10-7-13/h4-12H,2-3H2,1H3. The third-order valence-corrected chi connectivity index (χ3v) is 5.73. The number of allylic oxidation sites excluding steroid dienone is 4. The molecule has 1 aromatic carbocycles. The molecule has 0 amide bonds.